The standard InChI is InChI=1S/C14H9Br2FO/c15-11-3-1-2-10(7-11)14(18)6-9-4-12(16)8-13(17)5-9/h1-5,7-8H,6H2. The molecule has 0 atom stereocenters. The van der Waals surface area contributed by atoms with Gasteiger partial charge in [-0.05, 0) is 35.9 Å². The van der Waals surface area contributed by atoms with Gasteiger partial charge in [0.15, 0.2) is 5.78 Å². The number of rotatable bonds is 3. The van der Waals surface area contributed by atoms with E-state index in [2.05, 4.69) is 31.9 Å². The Hall–Kier alpha value is -1.00. The SMILES string of the molecule is O=C(Cc1cc(F)cc(Br)c1)c1cccc(Br)c1. The fraction of sp³-hybridized carbons (Fsp3) is 0.0714. The summed E-state index contributed by atoms with van der Waals surface area (Å²) >= 11 is 6.53. The first-order valence-electron chi connectivity index (χ1n) is 5.28. The number of halogens is 3. The van der Waals surface area contributed by atoms with Crippen LogP contribution in [-0.4, -0.2) is 5.78 Å². The highest BCUT2D eigenvalue weighted by molar-refractivity contribution is 9.10. The van der Waals surface area contributed by atoms with Gasteiger partial charge >= 0.3 is 0 Å². The highest BCUT2D eigenvalue weighted by Crippen LogP contribution is 2.18. The summed E-state index contributed by atoms with van der Waals surface area (Å²) in [6.45, 7) is 0. The Kier molecular flexibility index (Phi) is 4.30. The number of Topliss-reactive ketones (excluding diaryl/α,β-unsaturated/α-hetero) is 1. The first kappa shape index (κ1) is 13.4. The zero-order valence-electron chi connectivity index (χ0n) is 9.29. The lowest BCUT2D eigenvalue weighted by molar-refractivity contribution is 0.0993. The summed E-state index contributed by atoms with van der Waals surface area (Å²) in [6, 6.07) is 11.7. The van der Waals surface area contributed by atoms with Crippen LogP contribution in [0.15, 0.2) is 51.4 Å². The fourth-order valence-corrected chi connectivity index (χ4v) is 2.57. The Morgan fingerprint density at radius 1 is 1.06 bits per heavy atom. The van der Waals surface area contributed by atoms with Gasteiger partial charge in [-0.15, -0.1) is 0 Å². The summed E-state index contributed by atoms with van der Waals surface area (Å²) in [5.41, 5.74) is 1.27. The quantitative estimate of drug-likeness (QED) is 0.710. The number of ketones is 1. The van der Waals surface area contributed by atoms with E-state index in [1.54, 1.807) is 24.3 Å². The molecule has 2 rings (SSSR count). The lowest BCUT2D eigenvalue weighted by Crippen LogP contribution is -2.03. The molecular formula is C14H9Br2FO. The van der Waals surface area contributed by atoms with Crippen molar-refractivity contribution < 1.29 is 9.18 Å². The molecule has 0 radical (unpaired) electrons. The van der Waals surface area contributed by atoms with Crippen LogP contribution in [0.2, 0.25) is 0 Å². The summed E-state index contributed by atoms with van der Waals surface area (Å²) < 4.78 is 14.7. The summed E-state index contributed by atoms with van der Waals surface area (Å²) in [5.74, 6) is -0.379. The number of benzene rings is 2. The van der Waals surface area contributed by atoms with Crippen LogP contribution < -0.4 is 0 Å². The van der Waals surface area contributed by atoms with E-state index in [1.165, 1.54) is 12.1 Å². The van der Waals surface area contributed by atoms with Crippen LogP contribution in [0.5, 0.6) is 0 Å². The fourth-order valence-electron chi connectivity index (χ4n) is 1.66. The van der Waals surface area contributed by atoms with Crippen molar-refractivity contribution in [2.24, 2.45) is 0 Å². The molecule has 1 nitrogen and oxygen atoms in total. The van der Waals surface area contributed by atoms with Crippen LogP contribution in [0.3, 0.4) is 0 Å². The minimum absolute atomic E-state index is 0.0335. The molecule has 0 aliphatic carbocycles. The maximum absolute atomic E-state index is 13.2. The smallest absolute Gasteiger partial charge is 0.167 e. The molecule has 2 aromatic carbocycles. The summed E-state index contributed by atoms with van der Waals surface area (Å²) in [5, 5.41) is 0. The first-order valence-corrected chi connectivity index (χ1v) is 6.87. The van der Waals surface area contributed by atoms with Gasteiger partial charge in [-0.1, -0.05) is 44.0 Å². The second-order valence-electron chi connectivity index (χ2n) is 3.89. The monoisotopic (exact) mass is 370 g/mol. The maximum atomic E-state index is 13.2. The average Bonchev–Trinajstić information content (AvgIpc) is 2.27. The Morgan fingerprint density at radius 3 is 2.50 bits per heavy atom. The van der Waals surface area contributed by atoms with E-state index in [0.717, 1.165) is 4.47 Å². The van der Waals surface area contributed by atoms with Crippen molar-refractivity contribution in [2.45, 2.75) is 6.42 Å². The van der Waals surface area contributed by atoms with Crippen LogP contribution in [-0.2, 0) is 6.42 Å². The van der Waals surface area contributed by atoms with Crippen molar-refractivity contribution in [1.29, 1.82) is 0 Å². The Bertz CT molecular complexity index is 576. The van der Waals surface area contributed by atoms with Crippen molar-refractivity contribution in [3.63, 3.8) is 0 Å². The van der Waals surface area contributed by atoms with Gasteiger partial charge in [0.2, 0.25) is 0 Å². The lowest BCUT2D eigenvalue weighted by atomic mass is 10.0. The second kappa shape index (κ2) is 5.76. The number of hydrogen-bond donors (Lipinski definition) is 0. The molecule has 0 aliphatic rings. The average molecular weight is 372 g/mol. The van der Waals surface area contributed by atoms with E-state index < -0.39 is 0 Å². The number of carbonyl (C=O) groups excluding carboxylic acids is 1. The molecule has 2 aromatic rings. The molecule has 0 saturated heterocycles. The maximum Gasteiger partial charge on any atom is 0.167 e. The van der Waals surface area contributed by atoms with E-state index in [-0.39, 0.29) is 18.0 Å². The normalized spacial score (nSPS) is 10.4. The van der Waals surface area contributed by atoms with E-state index in [4.69, 9.17) is 0 Å². The molecule has 0 N–H and O–H groups in total. The summed E-state index contributed by atoms with van der Waals surface area (Å²) in [7, 11) is 0. The molecule has 92 valence electrons. The van der Waals surface area contributed by atoms with Crippen molar-refractivity contribution in [3.8, 4) is 0 Å². The van der Waals surface area contributed by atoms with Gasteiger partial charge in [0.05, 0.1) is 0 Å². The topological polar surface area (TPSA) is 17.1 Å². The van der Waals surface area contributed by atoms with Gasteiger partial charge in [-0.3, -0.25) is 4.79 Å². The van der Waals surface area contributed by atoms with Crippen molar-refractivity contribution >= 4 is 37.6 Å². The van der Waals surface area contributed by atoms with Crippen LogP contribution >= 0.6 is 31.9 Å². The Morgan fingerprint density at radius 2 is 1.83 bits per heavy atom. The van der Waals surface area contributed by atoms with Crippen LogP contribution in [0.1, 0.15) is 15.9 Å². The Balaban J connectivity index is 2.21. The van der Waals surface area contributed by atoms with E-state index >= 15 is 0 Å². The molecule has 0 heterocycles. The molecular weight excluding hydrogens is 363 g/mol. The van der Waals surface area contributed by atoms with E-state index in [1.807, 2.05) is 6.07 Å². The summed E-state index contributed by atoms with van der Waals surface area (Å²) in [4.78, 5) is 12.0. The van der Waals surface area contributed by atoms with Crippen LogP contribution in [0, 0.1) is 5.82 Å². The van der Waals surface area contributed by atoms with Gasteiger partial charge in [-0.25, -0.2) is 4.39 Å². The molecule has 4 heteroatoms. The number of carbonyl (C=O) groups is 1. The predicted octanol–water partition coefficient (Wildman–Crippen LogP) is 4.78. The zero-order valence-corrected chi connectivity index (χ0v) is 12.5. The number of hydrogen-bond acceptors (Lipinski definition) is 1. The third-order valence-corrected chi connectivity index (χ3v) is 3.38. The third kappa shape index (κ3) is 3.50. The van der Waals surface area contributed by atoms with Crippen LogP contribution in [0.4, 0.5) is 4.39 Å². The first-order chi connectivity index (χ1) is 8.54. The van der Waals surface area contributed by atoms with Crippen molar-refractivity contribution in [1.82, 2.24) is 0 Å². The highest BCUT2D eigenvalue weighted by atomic mass is 79.9. The zero-order chi connectivity index (χ0) is 13.1. The largest absolute Gasteiger partial charge is 0.294 e. The van der Waals surface area contributed by atoms with Crippen LogP contribution in [0.25, 0.3) is 0 Å². The molecule has 0 unspecified atom stereocenters. The molecule has 0 spiro atoms. The third-order valence-electron chi connectivity index (χ3n) is 2.43. The molecule has 0 amide bonds. The lowest BCUT2D eigenvalue weighted by Gasteiger charge is -2.03. The van der Waals surface area contributed by atoms with Gasteiger partial charge < -0.3 is 0 Å². The molecule has 0 fully saturated rings. The van der Waals surface area contributed by atoms with Gasteiger partial charge in [0.1, 0.15) is 5.82 Å². The molecule has 0 saturated carbocycles. The molecule has 18 heavy (non-hydrogen) atoms. The predicted molar refractivity (Wildman–Crippen MR) is 76.3 cm³/mol. The highest BCUT2D eigenvalue weighted by Gasteiger charge is 2.09. The second-order valence-corrected chi connectivity index (χ2v) is 5.72. The summed E-state index contributed by atoms with van der Waals surface area (Å²) in [6.07, 6.45) is 0.187. The molecule has 0 aromatic heterocycles. The van der Waals surface area contributed by atoms with E-state index in [0.29, 0.717) is 15.6 Å². The van der Waals surface area contributed by atoms with Gasteiger partial charge in [0, 0.05) is 20.9 Å². The Labute approximate surface area is 121 Å². The molecule has 0 bridgehead atoms. The molecule has 0 aliphatic heterocycles. The van der Waals surface area contributed by atoms with Gasteiger partial charge in [-0.2, -0.15) is 0 Å². The minimum Gasteiger partial charge on any atom is -0.294 e. The van der Waals surface area contributed by atoms with Gasteiger partial charge in [0.25, 0.3) is 0 Å². The van der Waals surface area contributed by atoms with E-state index in [9.17, 15) is 9.18 Å². The van der Waals surface area contributed by atoms with Crippen molar-refractivity contribution in [2.75, 3.05) is 0 Å². The minimum atomic E-state index is -0.346. The van der Waals surface area contributed by atoms with Crippen molar-refractivity contribution in [3.05, 3.63) is 68.4 Å².